The molecule has 0 aliphatic carbocycles. The van der Waals surface area contributed by atoms with Crippen molar-refractivity contribution in [2.75, 3.05) is 12.3 Å². The van der Waals surface area contributed by atoms with Crippen LogP contribution < -0.4 is 5.73 Å². The molecule has 0 aromatic heterocycles. The Labute approximate surface area is 92.6 Å². The van der Waals surface area contributed by atoms with Gasteiger partial charge >= 0.3 is 0 Å². The summed E-state index contributed by atoms with van der Waals surface area (Å²) in [6, 6.07) is 6.06. The highest BCUT2D eigenvalue weighted by Crippen LogP contribution is 2.26. The fourth-order valence-corrected chi connectivity index (χ4v) is 2.22. The molecule has 0 spiro atoms. The predicted molar refractivity (Wildman–Crippen MR) is 61.2 cm³/mol. The second-order valence-corrected chi connectivity index (χ2v) is 4.51. The van der Waals surface area contributed by atoms with E-state index in [0.29, 0.717) is 6.10 Å². The SMILES string of the molecule is Nc1c(Br)cccc1CC1CCCO1. The van der Waals surface area contributed by atoms with Gasteiger partial charge in [0.25, 0.3) is 0 Å². The Morgan fingerprint density at radius 1 is 1.50 bits per heavy atom. The fraction of sp³-hybridized carbons (Fsp3) is 0.455. The number of nitrogens with two attached hydrogens (primary N) is 1. The minimum atomic E-state index is 0.367. The van der Waals surface area contributed by atoms with Crippen LogP contribution in [0.3, 0.4) is 0 Å². The van der Waals surface area contributed by atoms with E-state index in [1.54, 1.807) is 0 Å². The highest BCUT2D eigenvalue weighted by molar-refractivity contribution is 9.10. The third kappa shape index (κ3) is 2.10. The Balaban J connectivity index is 2.11. The van der Waals surface area contributed by atoms with Crippen LogP contribution in [0.5, 0.6) is 0 Å². The summed E-state index contributed by atoms with van der Waals surface area (Å²) in [7, 11) is 0. The van der Waals surface area contributed by atoms with Gasteiger partial charge < -0.3 is 10.5 Å². The lowest BCUT2D eigenvalue weighted by Gasteiger charge is -2.12. The van der Waals surface area contributed by atoms with Crippen molar-refractivity contribution >= 4 is 21.6 Å². The van der Waals surface area contributed by atoms with Crippen LogP contribution in [0.2, 0.25) is 0 Å². The maximum absolute atomic E-state index is 5.96. The number of rotatable bonds is 2. The molecule has 1 aromatic rings. The highest BCUT2D eigenvalue weighted by atomic mass is 79.9. The molecule has 2 N–H and O–H groups in total. The first-order chi connectivity index (χ1) is 6.77. The van der Waals surface area contributed by atoms with Crippen molar-refractivity contribution in [3.8, 4) is 0 Å². The first kappa shape index (κ1) is 9.99. The Bertz CT molecular complexity index is 321. The van der Waals surface area contributed by atoms with E-state index in [0.717, 1.165) is 29.6 Å². The smallest absolute Gasteiger partial charge is 0.0617 e. The van der Waals surface area contributed by atoms with Crippen LogP contribution in [-0.2, 0) is 11.2 Å². The van der Waals surface area contributed by atoms with E-state index in [-0.39, 0.29) is 0 Å². The Morgan fingerprint density at radius 3 is 3.07 bits per heavy atom. The number of nitrogen functional groups attached to an aromatic ring is 1. The molecule has 0 radical (unpaired) electrons. The lowest BCUT2D eigenvalue weighted by atomic mass is 10.0. The molecular formula is C11H14BrNO. The van der Waals surface area contributed by atoms with Gasteiger partial charge in [0.2, 0.25) is 0 Å². The zero-order valence-electron chi connectivity index (χ0n) is 8.00. The van der Waals surface area contributed by atoms with E-state index in [1.807, 2.05) is 12.1 Å². The van der Waals surface area contributed by atoms with Crippen LogP contribution in [0.1, 0.15) is 18.4 Å². The molecule has 76 valence electrons. The Kier molecular flexibility index (Phi) is 3.08. The summed E-state index contributed by atoms with van der Waals surface area (Å²) >= 11 is 3.43. The van der Waals surface area contributed by atoms with Crippen molar-refractivity contribution in [1.82, 2.24) is 0 Å². The number of hydrogen-bond donors (Lipinski definition) is 1. The zero-order chi connectivity index (χ0) is 9.97. The molecule has 1 heterocycles. The van der Waals surface area contributed by atoms with Gasteiger partial charge in [0, 0.05) is 23.2 Å². The number of halogens is 1. The van der Waals surface area contributed by atoms with Gasteiger partial charge in [0.05, 0.1) is 6.10 Å². The molecule has 1 atom stereocenters. The van der Waals surface area contributed by atoms with Gasteiger partial charge in [-0.05, 0) is 40.4 Å². The molecule has 1 aliphatic rings. The van der Waals surface area contributed by atoms with Crippen LogP contribution in [0, 0.1) is 0 Å². The molecule has 1 unspecified atom stereocenters. The number of para-hydroxylation sites is 1. The number of anilines is 1. The minimum absolute atomic E-state index is 0.367. The second kappa shape index (κ2) is 4.32. The van der Waals surface area contributed by atoms with Crippen molar-refractivity contribution in [2.45, 2.75) is 25.4 Å². The van der Waals surface area contributed by atoms with Crippen molar-refractivity contribution in [3.05, 3.63) is 28.2 Å². The van der Waals surface area contributed by atoms with Crippen LogP contribution in [0.4, 0.5) is 5.69 Å². The molecule has 0 bridgehead atoms. The monoisotopic (exact) mass is 255 g/mol. The molecule has 0 saturated carbocycles. The third-order valence-electron chi connectivity index (χ3n) is 2.61. The van der Waals surface area contributed by atoms with E-state index >= 15 is 0 Å². The van der Waals surface area contributed by atoms with Gasteiger partial charge in [-0.1, -0.05) is 12.1 Å². The number of ether oxygens (including phenoxy) is 1. The predicted octanol–water partition coefficient (Wildman–Crippen LogP) is 2.75. The van der Waals surface area contributed by atoms with Gasteiger partial charge in [-0.2, -0.15) is 0 Å². The number of hydrogen-bond acceptors (Lipinski definition) is 2. The zero-order valence-corrected chi connectivity index (χ0v) is 9.59. The largest absolute Gasteiger partial charge is 0.398 e. The quantitative estimate of drug-likeness (QED) is 0.826. The van der Waals surface area contributed by atoms with Gasteiger partial charge in [-0.15, -0.1) is 0 Å². The summed E-state index contributed by atoms with van der Waals surface area (Å²) in [5.74, 6) is 0. The van der Waals surface area contributed by atoms with E-state index in [2.05, 4.69) is 22.0 Å². The normalized spacial score (nSPS) is 21.4. The van der Waals surface area contributed by atoms with Crippen LogP contribution >= 0.6 is 15.9 Å². The van der Waals surface area contributed by atoms with Crippen LogP contribution in [-0.4, -0.2) is 12.7 Å². The maximum atomic E-state index is 5.96. The van der Waals surface area contributed by atoms with E-state index < -0.39 is 0 Å². The van der Waals surface area contributed by atoms with Crippen molar-refractivity contribution in [1.29, 1.82) is 0 Å². The molecule has 2 nitrogen and oxygen atoms in total. The van der Waals surface area contributed by atoms with E-state index in [4.69, 9.17) is 10.5 Å². The number of benzene rings is 1. The summed E-state index contributed by atoms with van der Waals surface area (Å²) in [4.78, 5) is 0. The van der Waals surface area contributed by atoms with Crippen molar-refractivity contribution in [2.24, 2.45) is 0 Å². The van der Waals surface area contributed by atoms with E-state index in [1.165, 1.54) is 12.0 Å². The lowest BCUT2D eigenvalue weighted by molar-refractivity contribution is 0.111. The first-order valence-electron chi connectivity index (χ1n) is 4.92. The summed E-state index contributed by atoms with van der Waals surface area (Å²) < 4.78 is 6.56. The average Bonchev–Trinajstić information content (AvgIpc) is 2.66. The molecule has 1 saturated heterocycles. The Hall–Kier alpha value is -0.540. The molecular weight excluding hydrogens is 242 g/mol. The van der Waals surface area contributed by atoms with Crippen LogP contribution in [0.15, 0.2) is 22.7 Å². The fourth-order valence-electron chi connectivity index (χ4n) is 1.81. The van der Waals surface area contributed by atoms with Gasteiger partial charge in [-0.25, -0.2) is 0 Å². The standard InChI is InChI=1S/C11H14BrNO/c12-10-5-1-3-8(11(10)13)7-9-4-2-6-14-9/h1,3,5,9H,2,4,6-7,13H2. The Morgan fingerprint density at radius 2 is 2.36 bits per heavy atom. The van der Waals surface area contributed by atoms with Gasteiger partial charge in [0.15, 0.2) is 0 Å². The van der Waals surface area contributed by atoms with E-state index in [9.17, 15) is 0 Å². The van der Waals surface area contributed by atoms with Crippen molar-refractivity contribution in [3.63, 3.8) is 0 Å². The highest BCUT2D eigenvalue weighted by Gasteiger charge is 2.17. The molecule has 1 aliphatic heterocycles. The molecule has 1 aromatic carbocycles. The topological polar surface area (TPSA) is 35.2 Å². The molecule has 0 amide bonds. The minimum Gasteiger partial charge on any atom is -0.398 e. The van der Waals surface area contributed by atoms with Crippen molar-refractivity contribution < 1.29 is 4.74 Å². The molecule has 2 rings (SSSR count). The second-order valence-electron chi connectivity index (χ2n) is 3.65. The molecule has 14 heavy (non-hydrogen) atoms. The van der Waals surface area contributed by atoms with Gasteiger partial charge in [-0.3, -0.25) is 0 Å². The molecule has 1 fully saturated rings. The first-order valence-corrected chi connectivity index (χ1v) is 5.71. The molecule has 3 heteroatoms. The van der Waals surface area contributed by atoms with Crippen LogP contribution in [0.25, 0.3) is 0 Å². The lowest BCUT2D eigenvalue weighted by Crippen LogP contribution is -2.10. The summed E-state index contributed by atoms with van der Waals surface area (Å²) in [6.45, 7) is 0.901. The van der Waals surface area contributed by atoms with Gasteiger partial charge in [0.1, 0.15) is 0 Å². The summed E-state index contributed by atoms with van der Waals surface area (Å²) in [5.41, 5.74) is 7.99. The maximum Gasteiger partial charge on any atom is 0.0617 e. The summed E-state index contributed by atoms with van der Waals surface area (Å²) in [6.07, 6.45) is 3.64. The summed E-state index contributed by atoms with van der Waals surface area (Å²) in [5, 5.41) is 0. The average molecular weight is 256 g/mol. The third-order valence-corrected chi connectivity index (χ3v) is 3.31.